The minimum atomic E-state index is -0.981. The lowest BCUT2D eigenvalue weighted by Crippen LogP contribution is -2.45. The second-order valence-electron chi connectivity index (χ2n) is 5.44. The van der Waals surface area contributed by atoms with E-state index in [0.29, 0.717) is 29.5 Å². The smallest absolute Gasteiger partial charge is 0.253 e. The van der Waals surface area contributed by atoms with E-state index < -0.39 is 5.54 Å². The van der Waals surface area contributed by atoms with Crippen LogP contribution in [0.4, 0.5) is 11.4 Å². The molecule has 0 aromatic heterocycles. The zero-order valence-electron chi connectivity index (χ0n) is 12.0. The van der Waals surface area contributed by atoms with Crippen LogP contribution in [0, 0.1) is 0 Å². The number of hydrogen-bond acceptors (Lipinski definition) is 4. The van der Waals surface area contributed by atoms with Gasteiger partial charge in [-0.2, -0.15) is 0 Å². The average Bonchev–Trinajstić information content (AvgIpc) is 2.39. The summed E-state index contributed by atoms with van der Waals surface area (Å²) in [5.41, 5.74) is 5.88. The molecule has 0 unspecified atom stereocenters. The number of carbonyl (C=O) groups excluding carboxylic acids is 2. The van der Waals surface area contributed by atoms with Gasteiger partial charge in [0.05, 0.1) is 22.9 Å². The van der Waals surface area contributed by atoms with E-state index in [0.717, 1.165) is 0 Å². The lowest BCUT2D eigenvalue weighted by atomic mass is 10.1. The molecule has 1 aliphatic heterocycles. The number of rotatable bonds is 3. The Labute approximate surface area is 128 Å². The summed E-state index contributed by atoms with van der Waals surface area (Å²) in [7, 11) is 0. The maximum Gasteiger partial charge on any atom is 0.253 e. The first-order valence-corrected chi connectivity index (χ1v) is 6.95. The summed E-state index contributed by atoms with van der Waals surface area (Å²) in [6.45, 7) is 4.22. The van der Waals surface area contributed by atoms with Gasteiger partial charge in [0.25, 0.3) is 5.91 Å². The molecule has 21 heavy (non-hydrogen) atoms. The predicted molar refractivity (Wildman–Crippen MR) is 81.5 cm³/mol. The molecule has 0 bridgehead atoms. The fraction of sp³-hybridized carbons (Fsp3) is 0.429. The molecule has 1 saturated heterocycles. The van der Waals surface area contributed by atoms with Crippen molar-refractivity contribution >= 4 is 34.8 Å². The summed E-state index contributed by atoms with van der Waals surface area (Å²) < 4.78 is 5.08. The number of benzene rings is 1. The molecule has 1 aromatic rings. The lowest BCUT2D eigenvalue weighted by Gasteiger charge is -2.28. The van der Waals surface area contributed by atoms with E-state index in [1.807, 2.05) is 0 Å². The molecule has 0 atom stereocenters. The standard InChI is InChI=1S/C14H18ClN3O3/c1-14(2,16)13(20)17-9-3-4-11(10(15)7-9)18-5-6-21-8-12(18)19/h3-4,7H,5-6,8,16H2,1-2H3,(H,17,20). The van der Waals surface area contributed by atoms with Crippen molar-refractivity contribution in [3.63, 3.8) is 0 Å². The quantitative estimate of drug-likeness (QED) is 0.883. The van der Waals surface area contributed by atoms with E-state index in [1.54, 1.807) is 36.9 Å². The molecule has 2 amide bonds. The number of nitrogens with zero attached hydrogens (tertiary/aromatic N) is 1. The van der Waals surface area contributed by atoms with Crippen molar-refractivity contribution in [1.29, 1.82) is 0 Å². The second kappa shape index (κ2) is 6.01. The largest absolute Gasteiger partial charge is 0.370 e. The number of anilines is 2. The van der Waals surface area contributed by atoms with E-state index in [4.69, 9.17) is 22.1 Å². The monoisotopic (exact) mass is 311 g/mol. The Morgan fingerprint density at radius 3 is 2.76 bits per heavy atom. The van der Waals surface area contributed by atoms with Crippen LogP contribution in [-0.4, -0.2) is 37.1 Å². The van der Waals surface area contributed by atoms with Crippen molar-refractivity contribution in [1.82, 2.24) is 0 Å². The van der Waals surface area contributed by atoms with Gasteiger partial charge in [0, 0.05) is 12.2 Å². The minimum absolute atomic E-state index is 0.0518. The van der Waals surface area contributed by atoms with Crippen LogP contribution in [0.15, 0.2) is 18.2 Å². The molecular weight excluding hydrogens is 294 g/mol. The predicted octanol–water partition coefficient (Wildman–Crippen LogP) is 1.38. The number of nitrogens with one attached hydrogen (secondary N) is 1. The van der Waals surface area contributed by atoms with Crippen molar-refractivity contribution in [2.45, 2.75) is 19.4 Å². The number of morpholine rings is 1. The van der Waals surface area contributed by atoms with Gasteiger partial charge in [-0.25, -0.2) is 0 Å². The minimum Gasteiger partial charge on any atom is -0.370 e. The summed E-state index contributed by atoms with van der Waals surface area (Å²) >= 11 is 6.21. The number of amides is 2. The molecule has 6 nitrogen and oxygen atoms in total. The van der Waals surface area contributed by atoms with Gasteiger partial charge >= 0.3 is 0 Å². The lowest BCUT2D eigenvalue weighted by molar-refractivity contribution is -0.125. The van der Waals surface area contributed by atoms with Crippen LogP contribution in [0.25, 0.3) is 0 Å². The van der Waals surface area contributed by atoms with Gasteiger partial charge in [-0.3, -0.25) is 9.59 Å². The summed E-state index contributed by atoms with van der Waals surface area (Å²) in [4.78, 5) is 25.2. The maximum atomic E-state index is 11.8. The van der Waals surface area contributed by atoms with Crippen molar-refractivity contribution in [3.8, 4) is 0 Å². The molecule has 0 radical (unpaired) electrons. The molecule has 7 heteroatoms. The number of hydrogen-bond donors (Lipinski definition) is 2. The Kier molecular flexibility index (Phi) is 4.51. The zero-order valence-corrected chi connectivity index (χ0v) is 12.7. The molecule has 114 valence electrons. The number of carbonyl (C=O) groups is 2. The van der Waals surface area contributed by atoms with Crippen LogP contribution in [0.2, 0.25) is 5.02 Å². The molecule has 3 N–H and O–H groups in total. The van der Waals surface area contributed by atoms with Crippen LogP contribution < -0.4 is 16.0 Å². The highest BCUT2D eigenvalue weighted by atomic mass is 35.5. The van der Waals surface area contributed by atoms with E-state index in [2.05, 4.69) is 5.32 Å². The molecule has 1 aromatic carbocycles. The van der Waals surface area contributed by atoms with E-state index in [1.165, 1.54) is 0 Å². The summed E-state index contributed by atoms with van der Waals surface area (Å²) in [5.74, 6) is -0.447. The Morgan fingerprint density at radius 2 is 2.19 bits per heavy atom. The third-order valence-electron chi connectivity index (χ3n) is 3.07. The van der Waals surface area contributed by atoms with Crippen LogP contribution >= 0.6 is 11.6 Å². The molecule has 0 saturated carbocycles. The third kappa shape index (κ3) is 3.72. The fourth-order valence-electron chi connectivity index (χ4n) is 1.87. The Bertz CT molecular complexity index is 569. The highest BCUT2D eigenvalue weighted by Gasteiger charge is 2.24. The highest BCUT2D eigenvalue weighted by Crippen LogP contribution is 2.30. The van der Waals surface area contributed by atoms with Crippen LogP contribution in [-0.2, 0) is 14.3 Å². The molecule has 1 aliphatic rings. The van der Waals surface area contributed by atoms with Gasteiger partial charge < -0.3 is 20.7 Å². The van der Waals surface area contributed by atoms with E-state index in [-0.39, 0.29) is 18.4 Å². The van der Waals surface area contributed by atoms with Crippen molar-refractivity contribution in [2.75, 3.05) is 30.0 Å². The molecular formula is C14H18ClN3O3. The summed E-state index contributed by atoms with van der Waals surface area (Å²) in [5, 5.41) is 3.07. The van der Waals surface area contributed by atoms with Gasteiger partial charge in [0.1, 0.15) is 6.61 Å². The molecule has 1 fully saturated rings. The van der Waals surface area contributed by atoms with Crippen molar-refractivity contribution in [3.05, 3.63) is 23.2 Å². The number of halogens is 1. The zero-order chi connectivity index (χ0) is 15.6. The van der Waals surface area contributed by atoms with Gasteiger partial charge in [-0.05, 0) is 32.0 Å². The Balaban J connectivity index is 2.18. The van der Waals surface area contributed by atoms with Crippen LogP contribution in [0.1, 0.15) is 13.8 Å². The molecule has 0 spiro atoms. The van der Waals surface area contributed by atoms with E-state index in [9.17, 15) is 9.59 Å². The summed E-state index contributed by atoms with van der Waals surface area (Å²) in [6, 6.07) is 4.99. The first-order chi connectivity index (χ1) is 9.79. The Morgan fingerprint density at radius 1 is 1.48 bits per heavy atom. The first-order valence-electron chi connectivity index (χ1n) is 6.57. The topological polar surface area (TPSA) is 84.7 Å². The first kappa shape index (κ1) is 15.8. The van der Waals surface area contributed by atoms with Gasteiger partial charge in [0.15, 0.2) is 0 Å². The van der Waals surface area contributed by atoms with Gasteiger partial charge in [-0.15, -0.1) is 0 Å². The SMILES string of the molecule is CC(C)(N)C(=O)Nc1ccc(N2CCOCC2=O)c(Cl)c1. The van der Waals surface area contributed by atoms with Gasteiger partial charge in [0.2, 0.25) is 5.91 Å². The molecule has 0 aliphatic carbocycles. The second-order valence-corrected chi connectivity index (χ2v) is 5.85. The van der Waals surface area contributed by atoms with Crippen molar-refractivity contribution in [2.24, 2.45) is 5.73 Å². The number of nitrogens with two attached hydrogens (primary N) is 1. The van der Waals surface area contributed by atoms with Crippen LogP contribution in [0.5, 0.6) is 0 Å². The summed E-state index contributed by atoms with van der Waals surface area (Å²) in [6.07, 6.45) is 0. The Hall–Kier alpha value is -1.63. The third-order valence-corrected chi connectivity index (χ3v) is 3.37. The van der Waals surface area contributed by atoms with Crippen molar-refractivity contribution < 1.29 is 14.3 Å². The normalized spacial score (nSPS) is 16.0. The highest BCUT2D eigenvalue weighted by molar-refractivity contribution is 6.34. The van der Waals surface area contributed by atoms with Gasteiger partial charge in [-0.1, -0.05) is 11.6 Å². The van der Waals surface area contributed by atoms with E-state index >= 15 is 0 Å². The van der Waals surface area contributed by atoms with Crippen LogP contribution in [0.3, 0.4) is 0 Å². The maximum absolute atomic E-state index is 11.8. The number of ether oxygens (including phenoxy) is 1. The fourth-order valence-corrected chi connectivity index (χ4v) is 2.15. The molecule has 1 heterocycles. The average molecular weight is 312 g/mol. The molecule has 2 rings (SSSR count).